The van der Waals surface area contributed by atoms with Gasteiger partial charge in [0, 0.05) is 12.1 Å². The molecular weight excluding hydrogens is 407 g/mol. The van der Waals surface area contributed by atoms with Gasteiger partial charge in [-0.1, -0.05) is 19.1 Å². The summed E-state index contributed by atoms with van der Waals surface area (Å²) < 4.78 is 1.95. The van der Waals surface area contributed by atoms with E-state index in [0.29, 0.717) is 18.3 Å². The lowest BCUT2D eigenvalue weighted by Gasteiger charge is -2.28. The van der Waals surface area contributed by atoms with Gasteiger partial charge in [0.25, 0.3) is 0 Å². The molecule has 1 aromatic heterocycles. The van der Waals surface area contributed by atoms with Crippen LogP contribution in [0.3, 0.4) is 0 Å². The first-order valence-corrected chi connectivity index (χ1v) is 10.1. The third-order valence-corrected chi connectivity index (χ3v) is 5.72. The van der Waals surface area contributed by atoms with Crippen LogP contribution in [0.4, 0.5) is 0 Å². The molecule has 2 atom stereocenters. The van der Waals surface area contributed by atoms with Crippen molar-refractivity contribution in [3.63, 3.8) is 0 Å². The second-order valence-electron chi connectivity index (χ2n) is 7.99. The van der Waals surface area contributed by atoms with E-state index in [-0.39, 0.29) is 36.8 Å². The Labute approximate surface area is 186 Å². The van der Waals surface area contributed by atoms with Crippen LogP contribution in [0.25, 0.3) is 5.69 Å². The van der Waals surface area contributed by atoms with E-state index in [1.807, 2.05) is 18.5 Å². The van der Waals surface area contributed by atoms with Gasteiger partial charge in [0.05, 0.1) is 17.4 Å². The Morgan fingerprint density at radius 1 is 1.17 bits per heavy atom. The third-order valence-electron chi connectivity index (χ3n) is 5.72. The summed E-state index contributed by atoms with van der Waals surface area (Å²) in [5.41, 5.74) is 4.29. The Bertz CT molecular complexity index is 770. The lowest BCUT2D eigenvalue weighted by Crippen LogP contribution is -2.34. The Balaban J connectivity index is 0.00000210. The summed E-state index contributed by atoms with van der Waals surface area (Å²) in [6, 6.07) is 10.4. The maximum Gasteiger partial charge on any atom is 0.220 e. The molecule has 1 amide bonds. The Morgan fingerprint density at radius 2 is 1.79 bits per heavy atom. The third kappa shape index (κ3) is 6.73. The summed E-state index contributed by atoms with van der Waals surface area (Å²) in [6.45, 7) is 10.5. The number of benzene rings is 1. The average molecular weight is 441 g/mol. The highest BCUT2D eigenvalue weighted by molar-refractivity contribution is 5.85. The number of nitrogens with zero attached hydrogens (tertiary/aromatic N) is 2. The van der Waals surface area contributed by atoms with Crippen LogP contribution >= 0.6 is 24.8 Å². The van der Waals surface area contributed by atoms with Crippen molar-refractivity contribution in [2.45, 2.75) is 53.0 Å². The van der Waals surface area contributed by atoms with E-state index in [0.717, 1.165) is 35.7 Å². The first-order valence-electron chi connectivity index (χ1n) is 10.1. The van der Waals surface area contributed by atoms with E-state index in [2.05, 4.69) is 59.9 Å². The number of hydrogen-bond donors (Lipinski definition) is 2. The zero-order valence-electron chi connectivity index (χ0n) is 17.8. The van der Waals surface area contributed by atoms with E-state index in [9.17, 15) is 4.79 Å². The van der Waals surface area contributed by atoms with Gasteiger partial charge in [-0.25, -0.2) is 4.68 Å². The van der Waals surface area contributed by atoms with Crippen LogP contribution < -0.4 is 10.6 Å². The van der Waals surface area contributed by atoms with Crippen molar-refractivity contribution in [2.24, 2.45) is 11.8 Å². The SMILES string of the molecule is Cc1cc(C)n(-c2ccc(C(C)NC(=O)CC(C)C3CCNCC3)cc2)n1.Cl.Cl. The van der Waals surface area contributed by atoms with Gasteiger partial charge in [-0.15, -0.1) is 24.8 Å². The Morgan fingerprint density at radius 3 is 2.34 bits per heavy atom. The highest BCUT2D eigenvalue weighted by Crippen LogP contribution is 2.25. The largest absolute Gasteiger partial charge is 0.350 e. The van der Waals surface area contributed by atoms with E-state index >= 15 is 0 Å². The molecule has 2 aromatic rings. The number of piperidine rings is 1. The molecule has 0 saturated carbocycles. The van der Waals surface area contributed by atoms with Crippen LogP contribution in [-0.4, -0.2) is 28.8 Å². The first kappa shape index (κ1) is 25.5. The molecule has 2 unspecified atom stereocenters. The molecule has 0 aliphatic carbocycles. The minimum absolute atomic E-state index is 0. The molecule has 0 bridgehead atoms. The van der Waals surface area contributed by atoms with Gasteiger partial charge in [-0.2, -0.15) is 5.10 Å². The number of nitrogens with one attached hydrogen (secondary N) is 2. The lowest BCUT2D eigenvalue weighted by atomic mass is 9.84. The second kappa shape index (κ2) is 11.6. The number of carbonyl (C=O) groups excluding carboxylic acids is 1. The maximum atomic E-state index is 12.5. The monoisotopic (exact) mass is 440 g/mol. The van der Waals surface area contributed by atoms with Crippen molar-refractivity contribution in [3.8, 4) is 5.69 Å². The van der Waals surface area contributed by atoms with Crippen molar-refractivity contribution in [1.29, 1.82) is 0 Å². The fourth-order valence-electron chi connectivity index (χ4n) is 4.05. The van der Waals surface area contributed by atoms with Crippen molar-refractivity contribution < 1.29 is 4.79 Å². The molecule has 2 N–H and O–H groups in total. The quantitative estimate of drug-likeness (QED) is 0.692. The van der Waals surface area contributed by atoms with Crippen LogP contribution in [-0.2, 0) is 4.79 Å². The lowest BCUT2D eigenvalue weighted by molar-refractivity contribution is -0.123. The smallest absolute Gasteiger partial charge is 0.220 e. The molecule has 2 heterocycles. The fraction of sp³-hybridized carbons (Fsp3) is 0.545. The second-order valence-corrected chi connectivity index (χ2v) is 7.99. The molecule has 1 fully saturated rings. The van der Waals surface area contributed by atoms with Crippen LogP contribution in [0.15, 0.2) is 30.3 Å². The normalized spacial score (nSPS) is 16.3. The summed E-state index contributed by atoms with van der Waals surface area (Å²) in [7, 11) is 0. The molecule has 1 aliphatic rings. The van der Waals surface area contributed by atoms with Crippen molar-refractivity contribution >= 4 is 30.7 Å². The van der Waals surface area contributed by atoms with E-state index in [1.165, 1.54) is 12.8 Å². The summed E-state index contributed by atoms with van der Waals surface area (Å²) in [5.74, 6) is 1.25. The minimum atomic E-state index is 0. The number of carbonyl (C=O) groups is 1. The molecular formula is C22H34Cl2N4O. The van der Waals surface area contributed by atoms with E-state index < -0.39 is 0 Å². The molecule has 7 heteroatoms. The van der Waals surface area contributed by atoms with Gasteiger partial charge >= 0.3 is 0 Å². The van der Waals surface area contributed by atoms with Crippen molar-refractivity contribution in [3.05, 3.63) is 47.3 Å². The predicted molar refractivity (Wildman–Crippen MR) is 123 cm³/mol. The summed E-state index contributed by atoms with van der Waals surface area (Å²) >= 11 is 0. The zero-order chi connectivity index (χ0) is 19.4. The van der Waals surface area contributed by atoms with Gasteiger partial charge in [-0.05, 0) is 82.3 Å². The van der Waals surface area contributed by atoms with Crippen LogP contribution in [0.2, 0.25) is 0 Å². The maximum absolute atomic E-state index is 12.5. The molecule has 1 aromatic carbocycles. The van der Waals surface area contributed by atoms with E-state index in [4.69, 9.17) is 0 Å². The molecule has 1 saturated heterocycles. The molecule has 1 aliphatic heterocycles. The molecule has 29 heavy (non-hydrogen) atoms. The zero-order valence-corrected chi connectivity index (χ0v) is 19.4. The predicted octanol–water partition coefficient (Wildman–Crippen LogP) is 4.54. The molecule has 5 nitrogen and oxygen atoms in total. The minimum Gasteiger partial charge on any atom is -0.350 e. The van der Waals surface area contributed by atoms with Crippen LogP contribution in [0.5, 0.6) is 0 Å². The van der Waals surface area contributed by atoms with Gasteiger partial charge in [0.15, 0.2) is 0 Å². The number of halogens is 2. The molecule has 162 valence electrons. The van der Waals surface area contributed by atoms with Gasteiger partial charge < -0.3 is 10.6 Å². The van der Waals surface area contributed by atoms with Gasteiger partial charge in [0.2, 0.25) is 5.91 Å². The number of rotatable bonds is 6. The molecule has 3 rings (SSSR count). The first-order chi connectivity index (χ1) is 12.9. The van der Waals surface area contributed by atoms with Crippen LogP contribution in [0.1, 0.15) is 56.1 Å². The number of hydrogen-bond acceptors (Lipinski definition) is 3. The molecule has 0 radical (unpaired) electrons. The summed E-state index contributed by atoms with van der Waals surface area (Å²) in [6.07, 6.45) is 2.97. The van der Waals surface area contributed by atoms with Crippen molar-refractivity contribution in [1.82, 2.24) is 20.4 Å². The number of amides is 1. The standard InChI is InChI=1S/C22H32N4O.2ClH/c1-15(19-9-11-23-12-10-19)13-22(27)24-18(4)20-5-7-21(8-6-20)26-17(3)14-16(2)25-26;;/h5-8,14-15,18-19,23H,9-13H2,1-4H3,(H,24,27);2*1H. The average Bonchev–Trinajstić information content (AvgIpc) is 3.00. The summed E-state index contributed by atoms with van der Waals surface area (Å²) in [5, 5.41) is 11.1. The highest BCUT2D eigenvalue weighted by Gasteiger charge is 2.22. The number of aryl methyl sites for hydroxylation is 2. The summed E-state index contributed by atoms with van der Waals surface area (Å²) in [4.78, 5) is 12.5. The van der Waals surface area contributed by atoms with Gasteiger partial charge in [-0.3, -0.25) is 4.79 Å². The highest BCUT2D eigenvalue weighted by atomic mass is 35.5. The molecule has 0 spiro atoms. The fourth-order valence-corrected chi connectivity index (χ4v) is 4.05. The Hall–Kier alpha value is -1.56. The van der Waals surface area contributed by atoms with Crippen molar-refractivity contribution in [2.75, 3.05) is 13.1 Å². The van der Waals surface area contributed by atoms with E-state index in [1.54, 1.807) is 0 Å². The van der Waals surface area contributed by atoms with Crippen LogP contribution in [0, 0.1) is 25.7 Å². The van der Waals surface area contributed by atoms with Gasteiger partial charge in [0.1, 0.15) is 0 Å². The topological polar surface area (TPSA) is 59.0 Å². The Kier molecular flexibility index (Phi) is 10.2. The number of aromatic nitrogens is 2.